The minimum absolute atomic E-state index is 0.0107. The fourth-order valence-electron chi connectivity index (χ4n) is 4.54. The Morgan fingerprint density at radius 3 is 2.65 bits per heavy atom. The van der Waals surface area contributed by atoms with E-state index in [4.69, 9.17) is 9.97 Å². The predicted molar refractivity (Wildman–Crippen MR) is 118 cm³/mol. The van der Waals surface area contributed by atoms with E-state index in [0.29, 0.717) is 44.0 Å². The highest BCUT2D eigenvalue weighted by Crippen LogP contribution is 2.33. The van der Waals surface area contributed by atoms with Crippen LogP contribution in [0.25, 0.3) is 0 Å². The molecule has 8 heteroatoms. The first kappa shape index (κ1) is 21.5. The van der Waals surface area contributed by atoms with E-state index in [2.05, 4.69) is 18.9 Å². The Morgan fingerprint density at radius 1 is 1.19 bits per heavy atom. The van der Waals surface area contributed by atoms with Crippen LogP contribution in [-0.4, -0.2) is 56.1 Å². The molecular formula is C23H32N6O2. The summed E-state index contributed by atoms with van der Waals surface area (Å²) in [7, 11) is 1.83. The predicted octanol–water partition coefficient (Wildman–Crippen LogP) is 2.78. The van der Waals surface area contributed by atoms with Crippen LogP contribution < -0.4 is 4.90 Å². The van der Waals surface area contributed by atoms with E-state index in [1.807, 2.05) is 30.7 Å². The fraction of sp³-hybridized carbons (Fsp3) is 0.609. The molecule has 0 radical (unpaired) electrons. The van der Waals surface area contributed by atoms with Crippen molar-refractivity contribution in [2.45, 2.75) is 59.3 Å². The van der Waals surface area contributed by atoms with Gasteiger partial charge in [-0.2, -0.15) is 5.10 Å². The molecule has 0 bridgehead atoms. The Balaban J connectivity index is 1.57. The summed E-state index contributed by atoms with van der Waals surface area (Å²) in [4.78, 5) is 39.1. The van der Waals surface area contributed by atoms with Gasteiger partial charge in [-0.25, -0.2) is 9.97 Å². The smallest absolute Gasteiger partial charge is 0.257 e. The molecule has 4 rings (SSSR count). The van der Waals surface area contributed by atoms with Crippen LogP contribution in [-0.2, 0) is 18.3 Å². The third-order valence-corrected chi connectivity index (χ3v) is 6.37. The highest BCUT2D eigenvalue weighted by atomic mass is 16.2. The molecule has 1 fully saturated rings. The summed E-state index contributed by atoms with van der Waals surface area (Å²) >= 11 is 0. The van der Waals surface area contributed by atoms with Crippen molar-refractivity contribution in [3.63, 3.8) is 0 Å². The number of hydrogen-bond acceptors (Lipinski definition) is 5. The number of carbonyl (C=O) groups excluding carboxylic acids is 2. The van der Waals surface area contributed by atoms with Crippen LogP contribution in [0.2, 0.25) is 0 Å². The molecule has 0 aromatic carbocycles. The molecule has 2 aliphatic rings. The zero-order valence-electron chi connectivity index (χ0n) is 19.2. The van der Waals surface area contributed by atoms with E-state index in [9.17, 15) is 9.59 Å². The first-order valence-corrected chi connectivity index (χ1v) is 11.2. The molecule has 2 aromatic heterocycles. The second-order valence-corrected chi connectivity index (χ2v) is 9.24. The third kappa shape index (κ3) is 4.20. The van der Waals surface area contributed by atoms with E-state index in [1.54, 1.807) is 10.9 Å². The fourth-order valence-corrected chi connectivity index (χ4v) is 4.54. The monoisotopic (exact) mass is 424 g/mol. The first-order chi connectivity index (χ1) is 14.7. The van der Waals surface area contributed by atoms with E-state index in [0.717, 1.165) is 41.4 Å². The Bertz CT molecular complexity index is 1010. The zero-order valence-corrected chi connectivity index (χ0v) is 19.2. The quantitative estimate of drug-likeness (QED) is 0.737. The summed E-state index contributed by atoms with van der Waals surface area (Å²) in [6, 6.07) is 0. The number of rotatable bonds is 5. The van der Waals surface area contributed by atoms with Gasteiger partial charge in [-0.15, -0.1) is 0 Å². The number of amides is 2. The van der Waals surface area contributed by atoms with Gasteiger partial charge >= 0.3 is 0 Å². The molecule has 2 amide bonds. The van der Waals surface area contributed by atoms with Crippen LogP contribution in [0.4, 0.5) is 5.82 Å². The molecule has 2 aromatic rings. The molecule has 1 atom stereocenters. The molecule has 0 N–H and O–H groups in total. The van der Waals surface area contributed by atoms with Gasteiger partial charge in [-0.1, -0.05) is 13.8 Å². The van der Waals surface area contributed by atoms with Gasteiger partial charge in [0.05, 0.1) is 11.3 Å². The molecule has 0 spiro atoms. The molecular weight excluding hydrogens is 392 g/mol. The number of hydrogen-bond donors (Lipinski definition) is 0. The van der Waals surface area contributed by atoms with Crippen LogP contribution in [0.5, 0.6) is 0 Å². The number of aromatic nitrogens is 4. The minimum atomic E-state index is 0.0107. The molecule has 0 saturated carbocycles. The van der Waals surface area contributed by atoms with E-state index >= 15 is 0 Å². The SMILES string of the molecule is Cc1nn(C)cc1C(=O)N1CC[C@H](c2nc(C)c3c(n2)N(CCC(C)C)C(=O)CC3)C1. The van der Waals surface area contributed by atoms with E-state index in [-0.39, 0.29) is 17.7 Å². The zero-order chi connectivity index (χ0) is 22.3. The molecule has 0 aliphatic carbocycles. The van der Waals surface area contributed by atoms with Crippen molar-refractivity contribution in [1.29, 1.82) is 0 Å². The van der Waals surface area contributed by atoms with Crippen molar-refractivity contribution in [2.24, 2.45) is 13.0 Å². The summed E-state index contributed by atoms with van der Waals surface area (Å²) in [5, 5.41) is 4.29. The van der Waals surface area contributed by atoms with Crippen LogP contribution in [0.3, 0.4) is 0 Å². The van der Waals surface area contributed by atoms with Crippen LogP contribution in [0.1, 0.15) is 72.2 Å². The molecule has 8 nitrogen and oxygen atoms in total. The summed E-state index contributed by atoms with van der Waals surface area (Å²) in [5.74, 6) is 2.29. The number of carbonyl (C=O) groups is 2. The lowest BCUT2D eigenvalue weighted by molar-refractivity contribution is -0.119. The van der Waals surface area contributed by atoms with Crippen LogP contribution in [0.15, 0.2) is 6.20 Å². The standard InChI is InChI=1S/C23H32N6O2/c1-14(2)8-11-29-20(30)7-6-18-15(3)24-21(25-22(18)29)17-9-10-28(12-17)23(31)19-13-27(5)26-16(19)4/h13-14,17H,6-12H2,1-5H3/t17-/m0/s1. The van der Waals surface area contributed by atoms with Crippen molar-refractivity contribution in [1.82, 2.24) is 24.6 Å². The maximum Gasteiger partial charge on any atom is 0.257 e. The van der Waals surface area contributed by atoms with Gasteiger partial charge in [0.2, 0.25) is 5.91 Å². The van der Waals surface area contributed by atoms with Crippen LogP contribution in [0, 0.1) is 19.8 Å². The van der Waals surface area contributed by atoms with Crippen molar-refractivity contribution in [3.8, 4) is 0 Å². The van der Waals surface area contributed by atoms with Gasteiger partial charge in [0.25, 0.3) is 5.91 Å². The lowest BCUT2D eigenvalue weighted by Gasteiger charge is -2.30. The minimum Gasteiger partial charge on any atom is -0.338 e. The molecule has 4 heterocycles. The summed E-state index contributed by atoms with van der Waals surface area (Å²) in [6.45, 7) is 10.2. The Morgan fingerprint density at radius 2 is 1.97 bits per heavy atom. The summed E-state index contributed by atoms with van der Waals surface area (Å²) < 4.78 is 1.68. The van der Waals surface area contributed by atoms with Gasteiger partial charge in [-0.3, -0.25) is 19.2 Å². The van der Waals surface area contributed by atoms with E-state index < -0.39 is 0 Å². The first-order valence-electron chi connectivity index (χ1n) is 11.2. The number of aryl methyl sites for hydroxylation is 3. The third-order valence-electron chi connectivity index (χ3n) is 6.37. The average Bonchev–Trinajstić information content (AvgIpc) is 3.33. The number of anilines is 1. The average molecular weight is 425 g/mol. The van der Waals surface area contributed by atoms with Gasteiger partial charge in [-0.05, 0) is 39.0 Å². The number of nitrogens with zero attached hydrogens (tertiary/aromatic N) is 6. The second-order valence-electron chi connectivity index (χ2n) is 9.24. The molecule has 1 saturated heterocycles. The maximum atomic E-state index is 13.0. The number of likely N-dealkylation sites (tertiary alicyclic amines) is 1. The molecule has 166 valence electrons. The van der Waals surface area contributed by atoms with Crippen molar-refractivity contribution < 1.29 is 9.59 Å². The van der Waals surface area contributed by atoms with Gasteiger partial charge in [0, 0.05) is 56.5 Å². The highest BCUT2D eigenvalue weighted by molar-refractivity contribution is 5.96. The van der Waals surface area contributed by atoms with Gasteiger partial charge in [0.15, 0.2) is 0 Å². The Labute approximate surface area is 183 Å². The summed E-state index contributed by atoms with van der Waals surface area (Å²) in [5.41, 5.74) is 3.44. The Kier molecular flexibility index (Phi) is 5.81. The molecule has 0 unspecified atom stereocenters. The maximum absolute atomic E-state index is 13.0. The van der Waals surface area contributed by atoms with Gasteiger partial charge in [0.1, 0.15) is 11.6 Å². The Hall–Kier alpha value is -2.77. The lowest BCUT2D eigenvalue weighted by Crippen LogP contribution is -2.38. The number of fused-ring (bicyclic) bond motifs is 1. The van der Waals surface area contributed by atoms with E-state index in [1.165, 1.54) is 0 Å². The second kappa shape index (κ2) is 8.40. The van der Waals surface area contributed by atoms with Crippen molar-refractivity contribution in [3.05, 3.63) is 34.5 Å². The normalized spacial score (nSPS) is 18.8. The summed E-state index contributed by atoms with van der Waals surface area (Å²) in [6.07, 6.45) is 4.77. The van der Waals surface area contributed by atoms with Gasteiger partial charge < -0.3 is 4.90 Å². The van der Waals surface area contributed by atoms with Crippen LogP contribution >= 0.6 is 0 Å². The molecule has 2 aliphatic heterocycles. The lowest BCUT2D eigenvalue weighted by atomic mass is 10.0. The largest absolute Gasteiger partial charge is 0.338 e. The van der Waals surface area contributed by atoms with Crippen molar-refractivity contribution in [2.75, 3.05) is 24.5 Å². The van der Waals surface area contributed by atoms with Crippen molar-refractivity contribution >= 4 is 17.6 Å². The highest BCUT2D eigenvalue weighted by Gasteiger charge is 2.34. The molecule has 31 heavy (non-hydrogen) atoms. The topological polar surface area (TPSA) is 84.2 Å².